The van der Waals surface area contributed by atoms with Gasteiger partial charge in [-0.3, -0.25) is 4.79 Å². The number of carbonyl (C=O) groups is 1. The summed E-state index contributed by atoms with van der Waals surface area (Å²) in [5, 5.41) is 5.58. The summed E-state index contributed by atoms with van der Waals surface area (Å²) in [6, 6.07) is 6.90. The van der Waals surface area contributed by atoms with Gasteiger partial charge < -0.3 is 10.6 Å². The van der Waals surface area contributed by atoms with Crippen molar-refractivity contribution in [3.05, 3.63) is 53.1 Å². The van der Waals surface area contributed by atoms with Gasteiger partial charge in [0.15, 0.2) is 9.84 Å². The number of benzene rings is 1. The van der Waals surface area contributed by atoms with Crippen molar-refractivity contribution >= 4 is 38.7 Å². The summed E-state index contributed by atoms with van der Waals surface area (Å²) in [6.45, 7) is 0. The molecule has 0 aliphatic carbocycles. The Hall–Kier alpha value is -2.19. The Kier molecular flexibility index (Phi) is 4.91. The molecular weight excluding hydrogens is 369 g/mol. The number of amides is 1. The van der Waals surface area contributed by atoms with Gasteiger partial charge >= 0.3 is 0 Å². The number of carbonyl (C=O) groups excluding carboxylic acids is 1. The van der Waals surface area contributed by atoms with Crippen LogP contribution in [0.1, 0.15) is 16.9 Å². The van der Waals surface area contributed by atoms with Gasteiger partial charge in [-0.05, 0) is 36.8 Å². The maximum absolute atomic E-state index is 13.1. The molecule has 25 heavy (non-hydrogen) atoms. The van der Waals surface area contributed by atoms with E-state index in [0.29, 0.717) is 17.8 Å². The van der Waals surface area contributed by atoms with Gasteiger partial charge in [0, 0.05) is 11.7 Å². The summed E-state index contributed by atoms with van der Waals surface area (Å²) in [5.74, 6) is -0.751. The average molecular weight is 384 g/mol. The Morgan fingerprint density at radius 2 is 2.00 bits per heavy atom. The molecule has 1 fully saturated rings. The third-order valence-electron chi connectivity index (χ3n) is 3.78. The molecule has 9 heteroatoms. The summed E-state index contributed by atoms with van der Waals surface area (Å²) in [7, 11) is -2.96. The van der Waals surface area contributed by atoms with Gasteiger partial charge in [-0.1, -0.05) is 11.6 Å². The molecule has 0 radical (unpaired) electrons. The molecule has 2 N–H and O–H groups in total. The van der Waals surface area contributed by atoms with Crippen molar-refractivity contribution in [1.29, 1.82) is 0 Å². The van der Waals surface area contributed by atoms with E-state index in [1.807, 2.05) is 0 Å². The highest BCUT2D eigenvalue weighted by Crippen LogP contribution is 2.20. The number of sulfone groups is 1. The molecule has 1 atom stereocenters. The van der Waals surface area contributed by atoms with E-state index in [1.165, 1.54) is 24.4 Å². The van der Waals surface area contributed by atoms with E-state index >= 15 is 0 Å². The highest BCUT2D eigenvalue weighted by Gasteiger charge is 2.27. The molecule has 2 heterocycles. The minimum absolute atomic E-state index is 0.0863. The van der Waals surface area contributed by atoms with Gasteiger partial charge in [0.1, 0.15) is 11.5 Å². The second kappa shape index (κ2) is 6.97. The van der Waals surface area contributed by atoms with Crippen molar-refractivity contribution < 1.29 is 17.6 Å². The summed E-state index contributed by atoms with van der Waals surface area (Å²) >= 11 is 5.67. The number of pyridine rings is 1. The largest absolute Gasteiger partial charge is 0.380 e. The van der Waals surface area contributed by atoms with Crippen molar-refractivity contribution in [2.75, 3.05) is 22.1 Å². The van der Waals surface area contributed by atoms with Gasteiger partial charge in [0.2, 0.25) is 0 Å². The normalized spacial score (nSPS) is 18.7. The minimum atomic E-state index is -2.96. The zero-order valence-electron chi connectivity index (χ0n) is 13.0. The molecule has 0 bridgehead atoms. The Morgan fingerprint density at radius 1 is 1.24 bits per heavy atom. The second-order valence-corrected chi connectivity index (χ2v) is 8.40. The molecule has 0 spiro atoms. The van der Waals surface area contributed by atoms with Crippen LogP contribution in [0.15, 0.2) is 36.5 Å². The zero-order chi connectivity index (χ0) is 18.0. The quantitative estimate of drug-likeness (QED) is 0.847. The predicted molar refractivity (Wildman–Crippen MR) is 94.3 cm³/mol. The van der Waals surface area contributed by atoms with Gasteiger partial charge in [-0.15, -0.1) is 0 Å². The number of nitrogens with one attached hydrogen (secondary N) is 2. The lowest BCUT2D eigenvalue weighted by Crippen LogP contribution is -2.21. The van der Waals surface area contributed by atoms with Crippen LogP contribution in [-0.2, 0) is 9.84 Å². The summed E-state index contributed by atoms with van der Waals surface area (Å²) in [6.07, 6.45) is 2.02. The molecule has 1 unspecified atom stereocenters. The first-order valence-electron chi connectivity index (χ1n) is 7.52. The predicted octanol–water partition coefficient (Wildman–Crippen LogP) is 2.73. The lowest BCUT2D eigenvalue weighted by Gasteiger charge is -2.12. The Labute approximate surface area is 149 Å². The summed E-state index contributed by atoms with van der Waals surface area (Å²) in [5.41, 5.74) is 1.17. The van der Waals surface area contributed by atoms with Crippen molar-refractivity contribution in [2.24, 2.45) is 0 Å². The standard InChI is InChI=1S/C16H15ClFN3O3S/c17-13-7-10(1-3-14(13)18)21-16(22)15-4-2-11(8-19-15)20-12-5-6-25(23,24)9-12/h1-4,7-8,12,20H,5-6,9H2,(H,21,22). The fourth-order valence-electron chi connectivity index (χ4n) is 2.53. The van der Waals surface area contributed by atoms with Crippen LogP contribution in [0, 0.1) is 5.82 Å². The highest BCUT2D eigenvalue weighted by atomic mass is 35.5. The molecule has 1 aliphatic heterocycles. The number of hydrogen-bond acceptors (Lipinski definition) is 5. The van der Waals surface area contributed by atoms with E-state index in [9.17, 15) is 17.6 Å². The molecule has 6 nitrogen and oxygen atoms in total. The van der Waals surface area contributed by atoms with E-state index in [0.717, 1.165) is 6.07 Å². The average Bonchev–Trinajstić information content (AvgIpc) is 2.90. The Bertz CT molecular complexity index is 903. The maximum Gasteiger partial charge on any atom is 0.274 e. The number of nitrogens with zero attached hydrogens (tertiary/aromatic N) is 1. The monoisotopic (exact) mass is 383 g/mol. The maximum atomic E-state index is 13.1. The molecule has 1 aromatic carbocycles. The van der Waals surface area contributed by atoms with E-state index < -0.39 is 21.6 Å². The lowest BCUT2D eigenvalue weighted by molar-refractivity contribution is 0.102. The van der Waals surface area contributed by atoms with Crippen molar-refractivity contribution in [3.63, 3.8) is 0 Å². The van der Waals surface area contributed by atoms with Crippen LogP contribution >= 0.6 is 11.6 Å². The minimum Gasteiger partial charge on any atom is -0.380 e. The van der Waals surface area contributed by atoms with E-state index in [1.54, 1.807) is 6.07 Å². The van der Waals surface area contributed by atoms with E-state index in [4.69, 9.17) is 11.6 Å². The van der Waals surface area contributed by atoms with Crippen molar-refractivity contribution in [2.45, 2.75) is 12.5 Å². The SMILES string of the molecule is O=C(Nc1ccc(F)c(Cl)c1)c1ccc(NC2CCS(=O)(=O)C2)cn1. The molecule has 1 saturated heterocycles. The zero-order valence-corrected chi connectivity index (χ0v) is 14.6. The van der Waals surface area contributed by atoms with Crippen LogP contribution in [0.2, 0.25) is 5.02 Å². The van der Waals surface area contributed by atoms with Crippen LogP contribution in [0.5, 0.6) is 0 Å². The number of aromatic nitrogens is 1. The smallest absolute Gasteiger partial charge is 0.274 e. The Morgan fingerprint density at radius 3 is 2.60 bits per heavy atom. The van der Waals surface area contributed by atoms with Crippen LogP contribution in [-0.4, -0.2) is 36.9 Å². The van der Waals surface area contributed by atoms with Crippen LogP contribution < -0.4 is 10.6 Å². The second-order valence-electron chi connectivity index (χ2n) is 5.76. The van der Waals surface area contributed by atoms with Crippen LogP contribution in [0.4, 0.5) is 15.8 Å². The summed E-state index contributed by atoms with van der Waals surface area (Å²) < 4.78 is 36.0. The topological polar surface area (TPSA) is 88.2 Å². The highest BCUT2D eigenvalue weighted by molar-refractivity contribution is 7.91. The van der Waals surface area contributed by atoms with Crippen molar-refractivity contribution in [1.82, 2.24) is 4.98 Å². The van der Waals surface area contributed by atoms with Crippen LogP contribution in [0.25, 0.3) is 0 Å². The van der Waals surface area contributed by atoms with Gasteiger partial charge in [-0.25, -0.2) is 17.8 Å². The molecule has 1 amide bonds. The van der Waals surface area contributed by atoms with Gasteiger partial charge in [-0.2, -0.15) is 0 Å². The fourth-order valence-corrected chi connectivity index (χ4v) is 4.38. The number of rotatable bonds is 4. The van der Waals surface area contributed by atoms with Crippen LogP contribution in [0.3, 0.4) is 0 Å². The molecule has 0 saturated carbocycles. The van der Waals surface area contributed by atoms with E-state index in [2.05, 4.69) is 15.6 Å². The van der Waals surface area contributed by atoms with Crippen molar-refractivity contribution in [3.8, 4) is 0 Å². The fraction of sp³-hybridized carbons (Fsp3) is 0.250. The molecular formula is C16H15ClFN3O3S. The molecule has 3 rings (SSSR count). The first-order chi connectivity index (χ1) is 11.8. The Balaban J connectivity index is 1.63. The third-order valence-corrected chi connectivity index (χ3v) is 5.83. The first-order valence-corrected chi connectivity index (χ1v) is 9.72. The molecule has 1 aromatic heterocycles. The van der Waals surface area contributed by atoms with Gasteiger partial charge in [0.25, 0.3) is 5.91 Å². The number of anilines is 2. The molecule has 2 aromatic rings. The molecule has 1 aliphatic rings. The number of halogens is 2. The molecule has 132 valence electrons. The first kappa shape index (κ1) is 17.6. The number of hydrogen-bond donors (Lipinski definition) is 2. The van der Waals surface area contributed by atoms with E-state index in [-0.39, 0.29) is 28.3 Å². The summed E-state index contributed by atoms with van der Waals surface area (Å²) in [4.78, 5) is 16.2. The third kappa shape index (κ3) is 4.46. The van der Waals surface area contributed by atoms with Gasteiger partial charge in [0.05, 0.1) is 28.4 Å². The lowest BCUT2D eigenvalue weighted by atomic mass is 10.2.